The summed E-state index contributed by atoms with van der Waals surface area (Å²) in [5.74, 6) is 0. The third-order valence-electron chi connectivity index (χ3n) is 2.80. The average Bonchev–Trinajstić information content (AvgIpc) is 2.35. The Balaban J connectivity index is 2.02. The largest absolute Gasteiger partial charge is 0.389 e. The number of ether oxygens (including phenoxy) is 1. The number of aliphatic hydroxyl groups is 1. The molecule has 1 unspecified atom stereocenters. The molecule has 17 heavy (non-hydrogen) atoms. The fourth-order valence-electron chi connectivity index (χ4n) is 1.39. The van der Waals surface area contributed by atoms with E-state index in [-0.39, 0.29) is 0 Å². The van der Waals surface area contributed by atoms with Gasteiger partial charge in [-0.3, -0.25) is 0 Å². The van der Waals surface area contributed by atoms with Crippen LogP contribution in [-0.4, -0.2) is 30.4 Å². The molecule has 0 radical (unpaired) electrons. The Bertz CT molecular complexity index is 298. The van der Waals surface area contributed by atoms with E-state index in [1.807, 2.05) is 32.0 Å². The van der Waals surface area contributed by atoms with Crippen molar-refractivity contribution in [2.45, 2.75) is 32.5 Å². The van der Waals surface area contributed by atoms with E-state index in [4.69, 9.17) is 4.74 Å². The molecule has 1 aromatic carbocycles. The lowest BCUT2D eigenvalue weighted by molar-refractivity contribution is 0.0516. The Morgan fingerprint density at radius 1 is 1.29 bits per heavy atom. The maximum Gasteiger partial charge on any atom is 0.0741 e. The van der Waals surface area contributed by atoms with E-state index in [0.717, 1.165) is 13.0 Å². The molecule has 0 aliphatic carbocycles. The van der Waals surface area contributed by atoms with E-state index in [9.17, 15) is 5.11 Å². The van der Waals surface area contributed by atoms with Gasteiger partial charge in [0.05, 0.1) is 18.8 Å². The van der Waals surface area contributed by atoms with E-state index in [2.05, 4.69) is 17.4 Å². The summed E-state index contributed by atoms with van der Waals surface area (Å²) in [6.45, 7) is 6.50. The van der Waals surface area contributed by atoms with Gasteiger partial charge in [-0.2, -0.15) is 0 Å². The first-order valence-corrected chi connectivity index (χ1v) is 6.19. The summed E-state index contributed by atoms with van der Waals surface area (Å²) in [5, 5.41) is 12.9. The topological polar surface area (TPSA) is 41.5 Å². The quantitative estimate of drug-likeness (QED) is 0.679. The van der Waals surface area contributed by atoms with Gasteiger partial charge in [0, 0.05) is 13.1 Å². The predicted octanol–water partition coefficient (Wildman–Crippen LogP) is 1.95. The molecule has 1 atom stereocenters. The average molecular weight is 237 g/mol. The molecule has 2 N–H and O–H groups in total. The van der Waals surface area contributed by atoms with Gasteiger partial charge in [0.25, 0.3) is 0 Å². The molecule has 3 nitrogen and oxygen atoms in total. The molecule has 0 aliphatic rings. The molecule has 1 aromatic rings. The van der Waals surface area contributed by atoms with Gasteiger partial charge in [-0.25, -0.2) is 0 Å². The Kier molecular flexibility index (Phi) is 6.19. The van der Waals surface area contributed by atoms with Crippen molar-refractivity contribution < 1.29 is 9.84 Å². The van der Waals surface area contributed by atoms with E-state index in [0.29, 0.717) is 19.8 Å². The van der Waals surface area contributed by atoms with Crippen molar-refractivity contribution in [2.24, 2.45) is 0 Å². The highest BCUT2D eigenvalue weighted by Gasteiger charge is 2.15. The van der Waals surface area contributed by atoms with Gasteiger partial charge in [0.15, 0.2) is 0 Å². The summed E-state index contributed by atoms with van der Waals surface area (Å²) in [6.07, 6.45) is 0.755. The Hall–Kier alpha value is -0.900. The Labute approximate surface area is 104 Å². The van der Waals surface area contributed by atoms with Crippen molar-refractivity contribution in [3.05, 3.63) is 35.9 Å². The molecule has 0 heterocycles. The van der Waals surface area contributed by atoms with Gasteiger partial charge in [0.1, 0.15) is 0 Å². The molecule has 0 saturated carbocycles. The summed E-state index contributed by atoms with van der Waals surface area (Å²) >= 11 is 0. The Morgan fingerprint density at radius 2 is 2.00 bits per heavy atom. The van der Waals surface area contributed by atoms with Crippen LogP contribution < -0.4 is 5.32 Å². The zero-order valence-corrected chi connectivity index (χ0v) is 10.8. The van der Waals surface area contributed by atoms with Crippen LogP contribution in [0, 0.1) is 0 Å². The second-order valence-electron chi connectivity index (χ2n) is 4.57. The van der Waals surface area contributed by atoms with Crippen LogP contribution >= 0.6 is 0 Å². The van der Waals surface area contributed by atoms with E-state index in [1.54, 1.807) is 0 Å². The van der Waals surface area contributed by atoms with E-state index in [1.165, 1.54) is 5.56 Å². The van der Waals surface area contributed by atoms with Crippen LogP contribution in [0.2, 0.25) is 0 Å². The highest BCUT2D eigenvalue weighted by atomic mass is 16.5. The van der Waals surface area contributed by atoms with Gasteiger partial charge in [-0.1, -0.05) is 37.3 Å². The van der Waals surface area contributed by atoms with Crippen LogP contribution in [-0.2, 0) is 11.3 Å². The number of benzene rings is 1. The molecule has 96 valence electrons. The molecule has 0 spiro atoms. The lowest BCUT2D eigenvalue weighted by atomic mass is 10.0. The number of rotatable bonds is 8. The van der Waals surface area contributed by atoms with E-state index >= 15 is 0 Å². The van der Waals surface area contributed by atoms with Crippen LogP contribution in [0.15, 0.2) is 30.3 Å². The minimum Gasteiger partial charge on any atom is -0.389 e. The third kappa shape index (κ3) is 6.41. The molecular weight excluding hydrogens is 214 g/mol. The zero-order valence-electron chi connectivity index (χ0n) is 10.8. The summed E-state index contributed by atoms with van der Waals surface area (Å²) in [4.78, 5) is 0. The molecule has 0 saturated heterocycles. The minimum absolute atomic E-state index is 0.609. The van der Waals surface area contributed by atoms with Crippen LogP contribution in [0.25, 0.3) is 0 Å². The van der Waals surface area contributed by atoms with Gasteiger partial charge in [0.2, 0.25) is 0 Å². The monoisotopic (exact) mass is 237 g/mol. The number of hydrogen-bond acceptors (Lipinski definition) is 3. The smallest absolute Gasteiger partial charge is 0.0741 e. The molecule has 0 fully saturated rings. The lowest BCUT2D eigenvalue weighted by Crippen LogP contribution is -2.38. The minimum atomic E-state index is -0.612. The fourth-order valence-corrected chi connectivity index (χ4v) is 1.39. The first-order chi connectivity index (χ1) is 8.14. The molecular formula is C14H23NO2. The molecule has 0 bridgehead atoms. The second-order valence-corrected chi connectivity index (χ2v) is 4.57. The molecule has 0 aliphatic heterocycles. The van der Waals surface area contributed by atoms with Crippen molar-refractivity contribution >= 4 is 0 Å². The summed E-state index contributed by atoms with van der Waals surface area (Å²) < 4.78 is 5.52. The SMILES string of the molecule is CCC(C)(O)CNCCOCc1ccccc1. The van der Waals surface area contributed by atoms with E-state index < -0.39 is 5.60 Å². The first kappa shape index (κ1) is 14.2. The first-order valence-electron chi connectivity index (χ1n) is 6.19. The normalized spacial score (nSPS) is 14.5. The maximum atomic E-state index is 9.75. The predicted molar refractivity (Wildman–Crippen MR) is 69.9 cm³/mol. The second kappa shape index (κ2) is 7.43. The van der Waals surface area contributed by atoms with Crippen molar-refractivity contribution in [3.63, 3.8) is 0 Å². The molecule has 0 aromatic heterocycles. The fraction of sp³-hybridized carbons (Fsp3) is 0.571. The maximum absolute atomic E-state index is 9.75. The highest BCUT2D eigenvalue weighted by molar-refractivity contribution is 5.13. The van der Waals surface area contributed by atoms with Gasteiger partial charge in [-0.15, -0.1) is 0 Å². The molecule has 1 rings (SSSR count). The number of hydrogen-bond donors (Lipinski definition) is 2. The van der Waals surface area contributed by atoms with Crippen molar-refractivity contribution in [3.8, 4) is 0 Å². The van der Waals surface area contributed by atoms with Gasteiger partial charge < -0.3 is 15.2 Å². The highest BCUT2D eigenvalue weighted by Crippen LogP contribution is 2.05. The summed E-state index contributed by atoms with van der Waals surface area (Å²) in [5.41, 5.74) is 0.576. The summed E-state index contributed by atoms with van der Waals surface area (Å²) in [6, 6.07) is 10.1. The van der Waals surface area contributed by atoms with Gasteiger partial charge >= 0.3 is 0 Å². The van der Waals surface area contributed by atoms with Crippen molar-refractivity contribution in [1.82, 2.24) is 5.32 Å². The van der Waals surface area contributed by atoms with Crippen molar-refractivity contribution in [1.29, 1.82) is 0 Å². The lowest BCUT2D eigenvalue weighted by Gasteiger charge is -2.21. The zero-order chi connectivity index (χ0) is 12.6. The van der Waals surface area contributed by atoms with Crippen LogP contribution in [0.5, 0.6) is 0 Å². The molecule has 0 amide bonds. The summed E-state index contributed by atoms with van der Waals surface area (Å²) in [7, 11) is 0. The van der Waals surface area contributed by atoms with Gasteiger partial charge in [-0.05, 0) is 18.9 Å². The molecule has 3 heteroatoms. The Morgan fingerprint density at radius 3 is 2.65 bits per heavy atom. The van der Waals surface area contributed by atoms with Crippen molar-refractivity contribution in [2.75, 3.05) is 19.7 Å². The third-order valence-corrected chi connectivity index (χ3v) is 2.80. The standard InChI is InChI=1S/C14H23NO2/c1-3-14(2,16)12-15-9-10-17-11-13-7-5-4-6-8-13/h4-8,15-16H,3,9-12H2,1-2H3. The number of nitrogens with one attached hydrogen (secondary N) is 1. The van der Waals surface area contributed by atoms with Crippen LogP contribution in [0.4, 0.5) is 0 Å². The van der Waals surface area contributed by atoms with Crippen LogP contribution in [0.1, 0.15) is 25.8 Å². The van der Waals surface area contributed by atoms with Crippen LogP contribution in [0.3, 0.4) is 0 Å².